The van der Waals surface area contributed by atoms with Crippen LogP contribution in [0.2, 0.25) is 0 Å². The van der Waals surface area contributed by atoms with E-state index in [0.717, 1.165) is 0 Å². The molecular formula is C21H20F3N5O8P2. The van der Waals surface area contributed by atoms with E-state index in [-0.39, 0.29) is 24.0 Å². The van der Waals surface area contributed by atoms with Crippen molar-refractivity contribution >= 4 is 45.6 Å². The van der Waals surface area contributed by atoms with Gasteiger partial charge < -0.3 is 24.8 Å². The summed E-state index contributed by atoms with van der Waals surface area (Å²) < 4.78 is 78.8. The lowest BCUT2D eigenvalue weighted by atomic mass is 10.0. The van der Waals surface area contributed by atoms with Gasteiger partial charge in [0.2, 0.25) is 5.95 Å². The van der Waals surface area contributed by atoms with Crippen LogP contribution in [0.3, 0.4) is 0 Å². The zero-order chi connectivity index (χ0) is 28.2. The number of nitrogens with zero attached hydrogens (tertiary/aromatic N) is 2. The summed E-state index contributed by atoms with van der Waals surface area (Å²) in [6.07, 6.45) is -3.88. The monoisotopic (exact) mass is 589 g/mol. The summed E-state index contributed by atoms with van der Waals surface area (Å²) in [5, 5.41) is 5.28. The number of halogens is 3. The van der Waals surface area contributed by atoms with Gasteiger partial charge >= 0.3 is 22.7 Å². The fraction of sp³-hybridized carbons (Fsp3) is 0.190. The van der Waals surface area contributed by atoms with Crippen molar-refractivity contribution in [2.24, 2.45) is 0 Å². The second-order valence-corrected chi connectivity index (χ2v) is 9.67. The molecule has 0 saturated carbocycles. The predicted octanol–water partition coefficient (Wildman–Crippen LogP) is 4.38. The van der Waals surface area contributed by atoms with E-state index in [4.69, 9.17) is 14.2 Å². The molecule has 1 aliphatic heterocycles. The number of hydrogen-bond acceptors (Lipinski definition) is 11. The molecule has 208 valence electrons. The Morgan fingerprint density at radius 2 is 1.90 bits per heavy atom. The first-order valence-electron chi connectivity index (χ1n) is 10.9. The third-order valence-corrected chi connectivity index (χ3v) is 6.89. The first-order chi connectivity index (χ1) is 18.6. The topological polar surface area (TPSA) is 170 Å². The molecular weight excluding hydrogens is 569 g/mol. The van der Waals surface area contributed by atoms with Crippen LogP contribution < -0.4 is 25.4 Å². The normalized spacial score (nSPS) is 14.1. The van der Waals surface area contributed by atoms with Gasteiger partial charge in [0.15, 0.2) is 5.75 Å². The van der Waals surface area contributed by atoms with Crippen molar-refractivity contribution in [2.45, 2.75) is 12.6 Å². The minimum Gasteiger partial charge on any atom is -0.491 e. The van der Waals surface area contributed by atoms with Gasteiger partial charge in [-0.05, 0) is 24.3 Å². The Hall–Kier alpha value is -3.68. The second-order valence-electron chi connectivity index (χ2n) is 7.62. The highest BCUT2D eigenvalue weighted by Gasteiger charge is 2.36. The molecule has 0 bridgehead atoms. The van der Waals surface area contributed by atoms with Crippen LogP contribution in [0.4, 0.5) is 36.3 Å². The number of aromatic nitrogens is 2. The van der Waals surface area contributed by atoms with E-state index >= 15 is 0 Å². The molecule has 2 atom stereocenters. The number of anilines is 4. The van der Waals surface area contributed by atoms with E-state index in [0.29, 0.717) is 35.2 Å². The van der Waals surface area contributed by atoms with Gasteiger partial charge in [-0.2, -0.15) is 18.2 Å². The van der Waals surface area contributed by atoms with Crippen LogP contribution in [0.1, 0.15) is 21.5 Å². The van der Waals surface area contributed by atoms with Crippen LogP contribution in [0, 0.1) is 0 Å². The molecule has 0 saturated heterocycles. The molecule has 2 unspecified atom stereocenters. The summed E-state index contributed by atoms with van der Waals surface area (Å²) in [5.41, 5.74) is 2.08. The third kappa shape index (κ3) is 6.85. The first-order valence-corrected chi connectivity index (χ1v) is 13.4. The summed E-state index contributed by atoms with van der Waals surface area (Å²) in [6, 6.07) is 8.44. The maximum atomic E-state index is 13.8. The Kier molecular flexibility index (Phi) is 8.73. The summed E-state index contributed by atoms with van der Waals surface area (Å²) >= 11 is 0. The number of para-hydroxylation sites is 2. The predicted molar refractivity (Wildman–Crippen MR) is 132 cm³/mol. The lowest BCUT2D eigenvalue weighted by molar-refractivity contribution is -0.137. The zero-order valence-corrected chi connectivity index (χ0v) is 21.8. The number of fused-ring (bicyclic) bond motifs is 1. The smallest absolute Gasteiger partial charge is 0.421 e. The maximum absolute atomic E-state index is 13.8. The number of hydrogen-bond donors (Lipinski definition) is 4. The zero-order valence-electron chi connectivity index (χ0n) is 19.8. The standard InChI is InChI=1S/C21H20F3N5O8P2/c1-34-29-19(30)12-6-7-15(17-11(12)8-9-35-17)27-20-25-10-13(21(22,23)24)18(28-20)26-14-4-2-3-5-16(14)36-39(33)37-38(31)32/h2-7,10,38-39H,8-9H2,1H3,(H,29,30)(H,31,32)(H2,25,26,27,28). The summed E-state index contributed by atoms with van der Waals surface area (Å²) in [7, 11) is -5.78. The van der Waals surface area contributed by atoms with Crippen LogP contribution in [-0.4, -0.2) is 34.5 Å². The summed E-state index contributed by atoms with van der Waals surface area (Å²) in [4.78, 5) is 33.4. The van der Waals surface area contributed by atoms with E-state index in [9.17, 15) is 27.1 Å². The minimum atomic E-state index is -4.86. The molecule has 0 radical (unpaired) electrons. The Bertz CT molecular complexity index is 1440. The molecule has 4 N–H and O–H groups in total. The highest BCUT2D eigenvalue weighted by Crippen LogP contribution is 2.42. The van der Waals surface area contributed by atoms with Gasteiger partial charge in [-0.15, -0.1) is 0 Å². The molecule has 18 heteroatoms. The van der Waals surface area contributed by atoms with Gasteiger partial charge in [-0.3, -0.25) is 14.2 Å². The number of nitrogens with one attached hydrogen (secondary N) is 3. The summed E-state index contributed by atoms with van der Waals surface area (Å²) in [6.45, 7) is 0.275. The molecule has 13 nitrogen and oxygen atoms in total. The first kappa shape index (κ1) is 28.3. The Morgan fingerprint density at radius 1 is 1.13 bits per heavy atom. The number of carbonyl (C=O) groups is 1. The molecule has 4 rings (SSSR count). The maximum Gasteiger partial charge on any atom is 0.421 e. The van der Waals surface area contributed by atoms with Gasteiger partial charge in [0.1, 0.15) is 17.1 Å². The lowest BCUT2D eigenvalue weighted by Gasteiger charge is -2.17. The molecule has 0 fully saturated rings. The minimum absolute atomic E-state index is 0.0926. The van der Waals surface area contributed by atoms with E-state index in [1.54, 1.807) is 0 Å². The average molecular weight is 589 g/mol. The van der Waals surface area contributed by atoms with Crippen molar-refractivity contribution in [1.29, 1.82) is 0 Å². The number of benzene rings is 2. The highest BCUT2D eigenvalue weighted by molar-refractivity contribution is 7.47. The second kappa shape index (κ2) is 12.0. The Labute approximate surface area is 219 Å². The molecule has 0 aliphatic carbocycles. The molecule has 3 aromatic rings. The Morgan fingerprint density at radius 3 is 2.62 bits per heavy atom. The fourth-order valence-corrected chi connectivity index (χ4v) is 4.68. The van der Waals surface area contributed by atoms with Crippen molar-refractivity contribution in [3.05, 3.63) is 59.3 Å². The lowest BCUT2D eigenvalue weighted by Crippen LogP contribution is -2.23. The van der Waals surface area contributed by atoms with Crippen LogP contribution in [-0.2, 0) is 30.9 Å². The summed E-state index contributed by atoms with van der Waals surface area (Å²) in [5.74, 6) is -1.33. The number of ether oxygens (including phenoxy) is 1. The van der Waals surface area contributed by atoms with Crippen molar-refractivity contribution < 1.29 is 50.4 Å². The average Bonchev–Trinajstić information content (AvgIpc) is 3.35. The highest BCUT2D eigenvalue weighted by atomic mass is 31.2. The molecule has 1 aromatic heterocycles. The number of amides is 1. The van der Waals surface area contributed by atoms with Crippen LogP contribution in [0.15, 0.2) is 42.6 Å². The SMILES string of the molecule is CONC(=O)c1ccc(Nc2ncc(C(F)(F)F)c(Nc3ccccc3O[PH](=O)O[PH](=O)O)n2)c2c1CCO2. The van der Waals surface area contributed by atoms with Gasteiger partial charge in [0.25, 0.3) is 5.91 Å². The van der Waals surface area contributed by atoms with Crippen molar-refractivity contribution in [2.75, 3.05) is 24.4 Å². The number of alkyl halides is 3. The van der Waals surface area contributed by atoms with E-state index in [2.05, 4.69) is 35.2 Å². The van der Waals surface area contributed by atoms with Crippen LogP contribution in [0.5, 0.6) is 11.5 Å². The number of carbonyl (C=O) groups excluding carboxylic acids is 1. The molecule has 0 spiro atoms. The fourth-order valence-electron chi connectivity index (χ4n) is 3.59. The van der Waals surface area contributed by atoms with Gasteiger partial charge in [-0.25, -0.2) is 19.3 Å². The quantitative estimate of drug-likeness (QED) is 0.195. The van der Waals surface area contributed by atoms with E-state index in [1.807, 2.05) is 0 Å². The molecule has 39 heavy (non-hydrogen) atoms. The van der Waals surface area contributed by atoms with Gasteiger partial charge in [-0.1, -0.05) is 12.1 Å². The van der Waals surface area contributed by atoms with Gasteiger partial charge in [0.05, 0.1) is 25.1 Å². The molecule has 2 heterocycles. The molecule has 1 amide bonds. The van der Waals surface area contributed by atoms with Crippen molar-refractivity contribution in [3.63, 3.8) is 0 Å². The van der Waals surface area contributed by atoms with E-state index in [1.165, 1.54) is 43.5 Å². The van der Waals surface area contributed by atoms with Crippen molar-refractivity contribution in [3.8, 4) is 11.5 Å². The van der Waals surface area contributed by atoms with Gasteiger partial charge in [0, 0.05) is 23.7 Å². The van der Waals surface area contributed by atoms with Crippen LogP contribution in [0.25, 0.3) is 0 Å². The third-order valence-electron chi connectivity index (χ3n) is 5.14. The van der Waals surface area contributed by atoms with E-state index < -0.39 is 40.0 Å². The van der Waals surface area contributed by atoms with Crippen LogP contribution >= 0.6 is 16.5 Å². The largest absolute Gasteiger partial charge is 0.491 e. The number of rotatable bonds is 10. The van der Waals surface area contributed by atoms with Crippen molar-refractivity contribution in [1.82, 2.24) is 15.4 Å². The molecule has 2 aromatic carbocycles. The Balaban J connectivity index is 1.66. The molecule has 1 aliphatic rings. The number of hydroxylamine groups is 1.